The van der Waals surface area contributed by atoms with Crippen molar-refractivity contribution in [2.24, 2.45) is 46.6 Å². The minimum Gasteiger partial charge on any atom is -0.369 e. The number of amides is 4. The summed E-state index contributed by atoms with van der Waals surface area (Å²) in [6, 6.07) is 103. The summed E-state index contributed by atoms with van der Waals surface area (Å²) in [6.45, 7) is 11.9. The van der Waals surface area contributed by atoms with Gasteiger partial charge in [0.05, 0.1) is 70.5 Å². The highest BCUT2D eigenvalue weighted by Gasteiger charge is 2.32. The second-order valence-corrected chi connectivity index (χ2v) is 37.1. The molecule has 24 nitrogen and oxygen atoms in total. The smallest absolute Gasteiger partial charge is 0.274 e. The van der Waals surface area contributed by atoms with Crippen molar-refractivity contribution in [3.05, 3.63) is 452 Å². The van der Waals surface area contributed by atoms with E-state index in [4.69, 9.17) is 37.1 Å². The SMILES string of the molecule is Cc1cc(C(=O)Nc2cc(F)cc(C(OCC3CC3)c3ccccc3)c2)n(-c2cccc(CN)c2)n1.Cc1cc(C(=O)Nc2cccc(C(NCC3CC3)c3ccccc3)c2)n(-c2cccc(CN)c2)n1.Cc1cc(C(=O)Nc2cccc(C(OCC3CC3)c3ccccc3)c2F)n(-c2cccc(CN)c2)n1.Cc1cc(C(=O)Nc2cccc(C(OCCC3CC3)c3ccccc3)c2)n(-c2cccc(CN)c2)n1. The molecule has 143 heavy (non-hydrogen) atoms. The van der Waals surface area contributed by atoms with Crippen LogP contribution in [0.5, 0.6) is 0 Å². The van der Waals surface area contributed by atoms with E-state index >= 15 is 4.39 Å². The number of aromatic nitrogens is 8. The first-order valence-corrected chi connectivity index (χ1v) is 49.0. The van der Waals surface area contributed by atoms with E-state index in [1.807, 2.05) is 240 Å². The number of nitrogens with two attached hydrogens (primary N) is 4. The van der Waals surface area contributed by atoms with E-state index in [0.717, 1.165) is 141 Å². The Labute approximate surface area is 832 Å². The summed E-state index contributed by atoms with van der Waals surface area (Å²) in [5.74, 6) is 0.438. The normalized spacial score (nSPS) is 14.0. The van der Waals surface area contributed by atoms with Gasteiger partial charge in [-0.05, 0) is 285 Å². The number of hydrogen-bond donors (Lipinski definition) is 9. The van der Waals surface area contributed by atoms with Crippen molar-refractivity contribution in [2.75, 3.05) is 47.6 Å². The molecule has 4 unspecified atom stereocenters. The van der Waals surface area contributed by atoms with Crippen LogP contribution in [0.4, 0.5) is 31.5 Å². The molecule has 4 aliphatic rings. The third-order valence-electron chi connectivity index (χ3n) is 25.4. The molecule has 4 aromatic heterocycles. The Balaban J connectivity index is 0.000000131. The first kappa shape index (κ1) is 99.5. The second-order valence-electron chi connectivity index (χ2n) is 37.1. The van der Waals surface area contributed by atoms with E-state index < -0.39 is 29.7 Å². The van der Waals surface area contributed by atoms with Crippen LogP contribution < -0.4 is 49.5 Å². The van der Waals surface area contributed by atoms with Gasteiger partial charge in [-0.3, -0.25) is 19.2 Å². The fourth-order valence-electron chi connectivity index (χ4n) is 17.2. The Kier molecular flexibility index (Phi) is 33.0. The number of carbonyl (C=O) groups excluding carboxylic acids is 4. The predicted molar refractivity (Wildman–Crippen MR) is 557 cm³/mol. The summed E-state index contributed by atoms with van der Waals surface area (Å²) in [5.41, 5.74) is 43.8. The van der Waals surface area contributed by atoms with Crippen LogP contribution in [0.15, 0.2) is 328 Å². The highest BCUT2D eigenvalue weighted by Crippen LogP contribution is 2.40. The first-order valence-electron chi connectivity index (χ1n) is 49.0. The number of halogens is 2. The molecule has 0 spiro atoms. The van der Waals surface area contributed by atoms with Crippen molar-refractivity contribution in [2.45, 2.75) is 136 Å². The van der Waals surface area contributed by atoms with Gasteiger partial charge in [0.2, 0.25) is 0 Å². The zero-order valence-corrected chi connectivity index (χ0v) is 80.8. The number of hydrogen-bond acceptors (Lipinski definition) is 16. The molecule has 730 valence electrons. The second kappa shape index (κ2) is 47.4. The lowest BCUT2D eigenvalue weighted by Gasteiger charge is -2.21. The molecule has 4 saturated carbocycles. The van der Waals surface area contributed by atoms with E-state index in [0.29, 0.717) is 114 Å². The maximum absolute atomic E-state index is 15.8. The summed E-state index contributed by atoms with van der Waals surface area (Å²) in [7, 11) is 0. The minimum absolute atomic E-state index is 0.0698. The van der Waals surface area contributed by atoms with Gasteiger partial charge in [0.15, 0.2) is 5.82 Å². The zero-order valence-electron chi connectivity index (χ0n) is 80.8. The molecule has 13 N–H and O–H groups in total. The number of rotatable bonds is 37. The summed E-state index contributed by atoms with van der Waals surface area (Å²) in [5, 5.41) is 33.6. The number of anilines is 4. The minimum atomic E-state index is -0.560. The van der Waals surface area contributed by atoms with Crippen molar-refractivity contribution in [1.82, 2.24) is 44.4 Å². The third kappa shape index (κ3) is 26.8. The van der Waals surface area contributed by atoms with Crippen LogP contribution in [0.2, 0.25) is 0 Å². The molecule has 0 radical (unpaired) electrons. The predicted octanol–water partition coefficient (Wildman–Crippen LogP) is 21.9. The monoisotopic (exact) mass is 1910 g/mol. The van der Waals surface area contributed by atoms with Crippen LogP contribution in [0.1, 0.15) is 214 Å². The Hall–Kier alpha value is -15.1. The van der Waals surface area contributed by atoms with E-state index in [1.54, 1.807) is 67.3 Å². The summed E-state index contributed by atoms with van der Waals surface area (Å²) in [4.78, 5) is 53.3. The molecule has 20 rings (SSSR count). The Morgan fingerprint density at radius 2 is 0.671 bits per heavy atom. The van der Waals surface area contributed by atoms with Crippen LogP contribution in [0.25, 0.3) is 22.7 Å². The molecule has 12 aromatic carbocycles. The quantitative estimate of drug-likeness (QED) is 0.0175. The molecule has 4 atom stereocenters. The fourth-order valence-corrected chi connectivity index (χ4v) is 17.2. The van der Waals surface area contributed by atoms with Gasteiger partial charge in [-0.25, -0.2) is 27.5 Å². The average Bonchev–Trinajstić information content (AvgIpc) is 1.67. The van der Waals surface area contributed by atoms with Crippen molar-refractivity contribution < 1.29 is 42.2 Å². The van der Waals surface area contributed by atoms with Gasteiger partial charge in [-0.1, -0.05) is 219 Å². The zero-order chi connectivity index (χ0) is 99.2. The lowest BCUT2D eigenvalue weighted by atomic mass is 9.98. The first-order chi connectivity index (χ1) is 69.7. The molecule has 4 amide bonds. The molecule has 0 saturated heterocycles. The van der Waals surface area contributed by atoms with Gasteiger partial charge in [0.1, 0.15) is 46.9 Å². The van der Waals surface area contributed by atoms with Gasteiger partial charge >= 0.3 is 0 Å². The maximum Gasteiger partial charge on any atom is 0.274 e. The summed E-state index contributed by atoms with van der Waals surface area (Å²) >= 11 is 0. The van der Waals surface area contributed by atoms with E-state index in [9.17, 15) is 23.6 Å². The number of benzene rings is 12. The lowest BCUT2D eigenvalue weighted by molar-refractivity contribution is 0.0695. The number of carbonyl (C=O) groups is 4. The molecular formula is C117H121F2N17O7. The summed E-state index contributed by atoms with van der Waals surface area (Å²) in [6.07, 6.45) is 9.74. The number of nitrogens with zero attached hydrogens (tertiary/aromatic N) is 8. The highest BCUT2D eigenvalue weighted by molar-refractivity contribution is 6.06. The highest BCUT2D eigenvalue weighted by atomic mass is 19.1. The molecule has 4 aliphatic carbocycles. The van der Waals surface area contributed by atoms with Gasteiger partial charge < -0.3 is 63.7 Å². The number of ether oxygens (including phenoxy) is 3. The maximum atomic E-state index is 15.8. The molecule has 4 fully saturated rings. The molecule has 26 heteroatoms. The lowest BCUT2D eigenvalue weighted by Crippen LogP contribution is -2.25. The van der Waals surface area contributed by atoms with Gasteiger partial charge in [-0.15, -0.1) is 0 Å². The Morgan fingerprint density at radius 3 is 1.08 bits per heavy atom. The van der Waals surface area contributed by atoms with Crippen molar-refractivity contribution in [3.63, 3.8) is 0 Å². The van der Waals surface area contributed by atoms with Crippen molar-refractivity contribution >= 4 is 46.4 Å². The average molecular weight is 1920 g/mol. The van der Waals surface area contributed by atoms with Crippen molar-refractivity contribution in [3.8, 4) is 22.7 Å². The molecule has 4 heterocycles. The van der Waals surface area contributed by atoms with Gasteiger partial charge in [-0.2, -0.15) is 20.4 Å². The molecular weight excluding hydrogens is 1790 g/mol. The van der Waals surface area contributed by atoms with Gasteiger partial charge in [0.25, 0.3) is 23.6 Å². The fraction of sp³-hybridized carbons (Fsp3) is 0.248. The largest absolute Gasteiger partial charge is 0.369 e. The van der Waals surface area contributed by atoms with Crippen molar-refractivity contribution in [1.29, 1.82) is 0 Å². The van der Waals surface area contributed by atoms with E-state index in [-0.39, 0.29) is 35.6 Å². The Morgan fingerprint density at radius 1 is 0.329 bits per heavy atom. The topological polar surface area (TPSA) is 331 Å². The Bertz CT molecular complexity index is 7040. The van der Waals surface area contributed by atoms with Crippen LogP contribution in [0.3, 0.4) is 0 Å². The van der Waals surface area contributed by atoms with Gasteiger partial charge in [0, 0.05) is 55.4 Å². The number of aryl methyl sites for hydroxylation is 4. The third-order valence-corrected chi connectivity index (χ3v) is 25.4. The summed E-state index contributed by atoms with van der Waals surface area (Å²) < 4.78 is 55.9. The standard InChI is InChI=1S/C30H32N4O2.2C29H29FN4O2.C29H31N5O/c1-21-17-28(34(33-21)27-12-5-7-23(18-27)20-31)30(35)32-26-11-6-10-25(19-26)29(24-8-3-2-4-9-24)36-16-15-22-13-14-22;1-19-15-26(34(33-19)23-10-5-7-21(16-23)17-31)29(35)32-25-12-6-11-24(27(25)30)28(36-18-20-13-14-20)22-8-3-2-4-9-22;1-19-12-27(34(33-19)26-9-5-6-21(13-26)17-31)29(35)32-25-15-23(14-24(30)16-25)28(36-18-20-10-11-20)22-7-3-2-4-8-22;1-20-15-27(34(33-20)26-12-5-7-22(16-26)18-30)29(35)32-25-11-6-10-24(17-25)28(31-19-21-13-14-21)23-8-3-2-4-9-23/h2-12,17-19,22,29H,13-16,20,31H2,1H3,(H,32,35);2-12,15-16,20,28H,13-14,17-18,31H2,1H3,(H,32,35);2-9,12-16,20,28H,10-11,17-18,31H2,1H3,(H,32,35);2-12,15-17,21,28,31H,13-14,18-19,30H2,1H3,(H,32,35). The van der Waals surface area contributed by atoms with Crippen LogP contribution in [-0.2, 0) is 40.4 Å². The van der Waals surface area contributed by atoms with Crippen LogP contribution in [0, 0.1) is 63.0 Å². The van der Waals surface area contributed by atoms with E-state index in [1.165, 1.54) is 43.4 Å². The van der Waals surface area contributed by atoms with Crippen LogP contribution >= 0.6 is 0 Å². The molecule has 16 aromatic rings. The van der Waals surface area contributed by atoms with E-state index in [2.05, 4.69) is 102 Å². The molecule has 0 bridgehead atoms. The van der Waals surface area contributed by atoms with Crippen LogP contribution in [-0.4, -0.2) is 89.1 Å². The molecule has 0 aliphatic heterocycles. The number of nitrogens with one attached hydrogen (secondary N) is 5.